The lowest BCUT2D eigenvalue weighted by Crippen LogP contribution is -2.37. The Kier molecular flexibility index (Phi) is 7.38. The predicted molar refractivity (Wildman–Crippen MR) is 132 cm³/mol. The lowest BCUT2D eigenvalue weighted by Gasteiger charge is -2.29. The molecule has 0 spiro atoms. The Morgan fingerprint density at radius 3 is 2.39 bits per heavy atom. The second kappa shape index (κ2) is 10.4. The molecule has 3 aromatic rings. The zero-order valence-corrected chi connectivity index (χ0v) is 19.1. The van der Waals surface area contributed by atoms with Gasteiger partial charge in [-0.25, -0.2) is 4.98 Å². The summed E-state index contributed by atoms with van der Waals surface area (Å²) < 4.78 is 0. The molecule has 0 fully saturated rings. The van der Waals surface area contributed by atoms with Crippen LogP contribution in [0.3, 0.4) is 0 Å². The van der Waals surface area contributed by atoms with E-state index in [1.165, 1.54) is 0 Å². The van der Waals surface area contributed by atoms with Crippen LogP contribution in [0.1, 0.15) is 13.8 Å². The van der Waals surface area contributed by atoms with Gasteiger partial charge in [0.1, 0.15) is 17.5 Å². The molecule has 8 heteroatoms. The molecular formula is C25H27N7O. The number of nitrogens with zero attached hydrogens (tertiary/aromatic N) is 4. The quantitative estimate of drug-likeness (QED) is 0.344. The SMILES string of the molecule is CN(C)C(C)(C)C=C(C#N)C(=O)Nc1cccc(Nc2nccc(Nc3ccccc3)n2)c1. The fraction of sp³-hybridized carbons (Fsp3) is 0.200. The molecule has 33 heavy (non-hydrogen) atoms. The van der Waals surface area contributed by atoms with Gasteiger partial charge >= 0.3 is 0 Å². The van der Waals surface area contributed by atoms with E-state index in [-0.39, 0.29) is 5.57 Å². The topological polar surface area (TPSA) is 106 Å². The highest BCUT2D eigenvalue weighted by Crippen LogP contribution is 2.21. The Morgan fingerprint density at radius 2 is 1.70 bits per heavy atom. The molecule has 0 radical (unpaired) electrons. The average molecular weight is 442 g/mol. The molecule has 1 heterocycles. The zero-order chi connectivity index (χ0) is 23.8. The molecule has 168 valence electrons. The third-order valence-corrected chi connectivity index (χ3v) is 5.09. The number of likely N-dealkylation sites (N-methyl/N-ethyl adjacent to an activating group) is 1. The van der Waals surface area contributed by atoms with Gasteiger partial charge in [-0.3, -0.25) is 4.79 Å². The number of para-hydroxylation sites is 1. The zero-order valence-electron chi connectivity index (χ0n) is 19.1. The monoisotopic (exact) mass is 441 g/mol. The highest BCUT2D eigenvalue weighted by Gasteiger charge is 2.21. The molecule has 0 aliphatic rings. The number of aromatic nitrogens is 2. The van der Waals surface area contributed by atoms with Crippen LogP contribution >= 0.6 is 0 Å². The molecule has 1 aromatic heterocycles. The van der Waals surface area contributed by atoms with Crippen molar-refractivity contribution in [2.75, 3.05) is 30.0 Å². The van der Waals surface area contributed by atoms with Gasteiger partial charge in [0.2, 0.25) is 5.95 Å². The van der Waals surface area contributed by atoms with E-state index in [2.05, 4.69) is 25.9 Å². The van der Waals surface area contributed by atoms with E-state index in [0.29, 0.717) is 23.1 Å². The van der Waals surface area contributed by atoms with Crippen molar-refractivity contribution in [1.29, 1.82) is 5.26 Å². The number of carbonyl (C=O) groups is 1. The fourth-order valence-electron chi connectivity index (χ4n) is 2.79. The van der Waals surface area contributed by atoms with Gasteiger partial charge in [-0.2, -0.15) is 10.2 Å². The van der Waals surface area contributed by atoms with Gasteiger partial charge in [-0.05, 0) is 70.4 Å². The summed E-state index contributed by atoms with van der Waals surface area (Å²) >= 11 is 0. The van der Waals surface area contributed by atoms with Crippen LogP contribution in [0, 0.1) is 11.3 Å². The summed E-state index contributed by atoms with van der Waals surface area (Å²) in [6.07, 6.45) is 3.31. The predicted octanol–water partition coefficient (Wildman–Crippen LogP) is 4.69. The first-order valence-electron chi connectivity index (χ1n) is 10.4. The second-order valence-corrected chi connectivity index (χ2v) is 8.13. The molecule has 8 nitrogen and oxygen atoms in total. The Hall–Kier alpha value is -4.22. The van der Waals surface area contributed by atoms with Gasteiger partial charge < -0.3 is 20.9 Å². The summed E-state index contributed by atoms with van der Waals surface area (Å²) in [5, 5.41) is 18.6. The largest absolute Gasteiger partial charge is 0.340 e. The maximum Gasteiger partial charge on any atom is 0.266 e. The second-order valence-electron chi connectivity index (χ2n) is 8.13. The Balaban J connectivity index is 1.71. The van der Waals surface area contributed by atoms with Gasteiger partial charge in [0, 0.05) is 28.8 Å². The Labute approximate surface area is 194 Å². The summed E-state index contributed by atoms with van der Waals surface area (Å²) in [6, 6.07) is 20.6. The van der Waals surface area contributed by atoms with E-state index in [4.69, 9.17) is 0 Å². The minimum absolute atomic E-state index is 0.0510. The number of hydrogen-bond donors (Lipinski definition) is 3. The lowest BCUT2D eigenvalue weighted by atomic mass is 10.00. The number of hydrogen-bond acceptors (Lipinski definition) is 7. The highest BCUT2D eigenvalue weighted by atomic mass is 16.1. The van der Waals surface area contributed by atoms with Gasteiger partial charge in [0.05, 0.1) is 0 Å². The molecule has 3 N–H and O–H groups in total. The normalized spacial score (nSPS) is 11.6. The van der Waals surface area contributed by atoms with E-state index in [0.717, 1.165) is 5.69 Å². The summed E-state index contributed by atoms with van der Waals surface area (Å²) in [6.45, 7) is 3.87. The maximum absolute atomic E-state index is 12.7. The van der Waals surface area contributed by atoms with Crippen LogP contribution in [0.5, 0.6) is 0 Å². The average Bonchev–Trinajstić information content (AvgIpc) is 2.78. The number of nitriles is 1. The minimum atomic E-state index is -0.463. The Bertz CT molecular complexity index is 1180. The molecule has 0 saturated heterocycles. The van der Waals surface area contributed by atoms with Crippen molar-refractivity contribution in [2.24, 2.45) is 0 Å². The first-order chi connectivity index (χ1) is 15.8. The third kappa shape index (κ3) is 6.63. The molecule has 0 atom stereocenters. The minimum Gasteiger partial charge on any atom is -0.340 e. The molecule has 2 aromatic carbocycles. The van der Waals surface area contributed by atoms with Crippen molar-refractivity contribution in [3.05, 3.63) is 78.5 Å². The number of benzene rings is 2. The van der Waals surface area contributed by atoms with Crippen LogP contribution in [0.4, 0.5) is 28.8 Å². The highest BCUT2D eigenvalue weighted by molar-refractivity contribution is 6.06. The van der Waals surface area contributed by atoms with E-state index in [9.17, 15) is 10.1 Å². The fourth-order valence-corrected chi connectivity index (χ4v) is 2.79. The number of amides is 1. The van der Waals surface area contributed by atoms with E-state index in [1.807, 2.05) is 75.3 Å². The summed E-state index contributed by atoms with van der Waals surface area (Å²) in [5.74, 6) is 0.593. The first kappa shape index (κ1) is 23.4. The Morgan fingerprint density at radius 1 is 1.00 bits per heavy atom. The summed E-state index contributed by atoms with van der Waals surface area (Å²) in [7, 11) is 3.79. The van der Waals surface area contributed by atoms with Crippen molar-refractivity contribution in [1.82, 2.24) is 14.9 Å². The summed E-state index contributed by atoms with van der Waals surface area (Å²) in [5.41, 5.74) is 1.77. The molecule has 0 unspecified atom stereocenters. The van der Waals surface area contributed by atoms with Crippen LogP contribution in [-0.4, -0.2) is 40.4 Å². The van der Waals surface area contributed by atoms with E-state index >= 15 is 0 Å². The number of rotatable bonds is 8. The van der Waals surface area contributed by atoms with Crippen molar-refractivity contribution in [2.45, 2.75) is 19.4 Å². The molecular weight excluding hydrogens is 414 g/mol. The van der Waals surface area contributed by atoms with Gasteiger partial charge in [-0.1, -0.05) is 24.3 Å². The van der Waals surface area contributed by atoms with Crippen LogP contribution in [0.15, 0.2) is 78.5 Å². The molecule has 0 saturated carbocycles. The van der Waals surface area contributed by atoms with Crippen LogP contribution in [-0.2, 0) is 4.79 Å². The number of nitrogens with one attached hydrogen (secondary N) is 3. The van der Waals surface area contributed by atoms with Gasteiger partial charge in [0.15, 0.2) is 0 Å². The first-order valence-corrected chi connectivity index (χ1v) is 10.4. The molecule has 0 aliphatic carbocycles. The molecule has 1 amide bonds. The van der Waals surface area contributed by atoms with Crippen molar-refractivity contribution in [3.63, 3.8) is 0 Å². The number of anilines is 5. The lowest BCUT2D eigenvalue weighted by molar-refractivity contribution is -0.112. The van der Waals surface area contributed by atoms with E-state index in [1.54, 1.807) is 36.5 Å². The molecule has 0 aliphatic heterocycles. The van der Waals surface area contributed by atoms with E-state index < -0.39 is 11.4 Å². The maximum atomic E-state index is 12.7. The number of carbonyl (C=O) groups excluding carboxylic acids is 1. The van der Waals surface area contributed by atoms with Crippen molar-refractivity contribution < 1.29 is 4.79 Å². The molecule has 3 rings (SSSR count). The van der Waals surface area contributed by atoms with Gasteiger partial charge in [0.25, 0.3) is 5.91 Å². The smallest absolute Gasteiger partial charge is 0.266 e. The molecule has 0 bridgehead atoms. The van der Waals surface area contributed by atoms with Crippen molar-refractivity contribution in [3.8, 4) is 6.07 Å². The van der Waals surface area contributed by atoms with Crippen LogP contribution in [0.2, 0.25) is 0 Å². The summed E-state index contributed by atoms with van der Waals surface area (Å²) in [4.78, 5) is 23.3. The van der Waals surface area contributed by atoms with Gasteiger partial charge in [-0.15, -0.1) is 0 Å². The third-order valence-electron chi connectivity index (χ3n) is 5.09. The van der Waals surface area contributed by atoms with Crippen molar-refractivity contribution >= 4 is 34.7 Å². The van der Waals surface area contributed by atoms with Crippen LogP contribution in [0.25, 0.3) is 0 Å². The standard InChI is InChI=1S/C25H27N7O/c1-25(2,32(3)4)16-18(17-26)23(33)29-20-11-8-12-21(15-20)30-24-27-14-13-22(31-24)28-19-9-6-5-7-10-19/h5-16H,1-4H3,(H,29,33)(H2,27,28,30,31). The van der Waals surface area contributed by atoms with Crippen LogP contribution < -0.4 is 16.0 Å².